The molecule has 1 fully saturated rings. The van der Waals surface area contributed by atoms with Gasteiger partial charge in [-0.25, -0.2) is 8.42 Å². The van der Waals surface area contributed by atoms with Gasteiger partial charge in [0, 0.05) is 19.1 Å². The average molecular weight is 375 g/mol. The molecule has 2 rings (SSSR count). The summed E-state index contributed by atoms with van der Waals surface area (Å²) in [5, 5.41) is 12.4. The van der Waals surface area contributed by atoms with Gasteiger partial charge in [0.15, 0.2) is 0 Å². The lowest BCUT2D eigenvalue weighted by Gasteiger charge is -2.33. The first kappa shape index (κ1) is 19.0. The third kappa shape index (κ3) is 5.36. The fourth-order valence-corrected chi connectivity index (χ4v) is 4.40. The minimum atomic E-state index is -3.20. The van der Waals surface area contributed by atoms with Gasteiger partial charge in [0.2, 0.25) is 15.9 Å². The van der Waals surface area contributed by atoms with Crippen molar-refractivity contribution in [1.29, 1.82) is 0 Å². The predicted molar refractivity (Wildman–Crippen MR) is 93.6 cm³/mol. The molecule has 134 valence electrons. The number of piperidine rings is 1. The number of amides is 1. The van der Waals surface area contributed by atoms with E-state index in [9.17, 15) is 18.3 Å². The van der Waals surface area contributed by atoms with E-state index < -0.39 is 10.0 Å². The number of hydrogen-bond acceptors (Lipinski definition) is 4. The number of phenols is 1. The summed E-state index contributed by atoms with van der Waals surface area (Å²) in [5.41, 5.74) is 0.714. The third-order valence-electron chi connectivity index (χ3n) is 4.18. The zero-order chi connectivity index (χ0) is 17.7. The normalized spacial score (nSPS) is 19.2. The summed E-state index contributed by atoms with van der Waals surface area (Å²) in [6.45, 7) is 0.991. The molecule has 1 aliphatic heterocycles. The van der Waals surface area contributed by atoms with Crippen LogP contribution in [0.4, 0.5) is 0 Å². The van der Waals surface area contributed by atoms with E-state index in [-0.39, 0.29) is 29.1 Å². The van der Waals surface area contributed by atoms with Gasteiger partial charge >= 0.3 is 0 Å². The van der Waals surface area contributed by atoms with Gasteiger partial charge in [-0.3, -0.25) is 4.79 Å². The molecular weight excluding hydrogens is 352 g/mol. The number of sulfonamides is 1. The van der Waals surface area contributed by atoms with Gasteiger partial charge in [-0.05, 0) is 37.0 Å². The van der Waals surface area contributed by atoms with Gasteiger partial charge in [-0.2, -0.15) is 4.31 Å². The Morgan fingerprint density at radius 1 is 1.42 bits per heavy atom. The molecular formula is C16H23ClN2O4S. The summed E-state index contributed by atoms with van der Waals surface area (Å²) >= 11 is 5.82. The van der Waals surface area contributed by atoms with Crippen LogP contribution < -0.4 is 5.32 Å². The molecule has 1 aliphatic rings. The van der Waals surface area contributed by atoms with E-state index in [1.165, 1.54) is 12.3 Å². The first-order valence-corrected chi connectivity index (χ1v) is 10.2. The van der Waals surface area contributed by atoms with Gasteiger partial charge in [-0.1, -0.05) is 24.1 Å². The molecule has 0 aromatic heterocycles. The summed E-state index contributed by atoms with van der Waals surface area (Å²) in [7, 11) is -3.20. The second-order valence-corrected chi connectivity index (χ2v) is 8.47. The molecule has 1 aromatic carbocycles. The van der Waals surface area contributed by atoms with Crippen molar-refractivity contribution >= 4 is 27.5 Å². The Bertz CT molecular complexity index is 693. The van der Waals surface area contributed by atoms with E-state index in [4.69, 9.17) is 11.6 Å². The van der Waals surface area contributed by atoms with Crippen LogP contribution in [0.2, 0.25) is 5.02 Å². The number of carbonyl (C=O) groups is 1. The van der Waals surface area contributed by atoms with E-state index in [0.717, 1.165) is 19.3 Å². The van der Waals surface area contributed by atoms with Crippen molar-refractivity contribution in [3.8, 4) is 5.75 Å². The minimum Gasteiger partial charge on any atom is -0.506 e. The number of hydrogen-bond donors (Lipinski definition) is 2. The monoisotopic (exact) mass is 374 g/mol. The van der Waals surface area contributed by atoms with Crippen LogP contribution in [0.3, 0.4) is 0 Å². The number of phenolic OH excluding ortho intramolecular Hbond substituents is 1. The number of nitrogens with one attached hydrogen (secondary N) is 1. The maximum absolute atomic E-state index is 12.0. The molecule has 0 saturated carbocycles. The SMILES string of the molecule is CS(=O)(=O)N1CCCCC1CCNC(=O)Cc1ccc(O)c(Cl)c1. The molecule has 2 N–H and O–H groups in total. The Balaban J connectivity index is 1.82. The summed E-state index contributed by atoms with van der Waals surface area (Å²) in [4.78, 5) is 12.0. The first-order valence-electron chi connectivity index (χ1n) is 7.98. The molecule has 24 heavy (non-hydrogen) atoms. The highest BCUT2D eigenvalue weighted by Gasteiger charge is 2.28. The number of rotatable bonds is 6. The van der Waals surface area contributed by atoms with E-state index in [1.54, 1.807) is 16.4 Å². The van der Waals surface area contributed by atoms with Crippen LogP contribution in [0, 0.1) is 0 Å². The Labute approximate surface area is 147 Å². The van der Waals surface area contributed by atoms with Crippen LogP contribution in [0.1, 0.15) is 31.2 Å². The van der Waals surface area contributed by atoms with Crippen molar-refractivity contribution in [3.63, 3.8) is 0 Å². The highest BCUT2D eigenvalue weighted by molar-refractivity contribution is 7.88. The fourth-order valence-electron chi connectivity index (χ4n) is 2.99. The second kappa shape index (κ2) is 8.18. The molecule has 1 amide bonds. The number of benzene rings is 1. The molecule has 1 atom stereocenters. The van der Waals surface area contributed by atoms with Crippen LogP contribution in [-0.2, 0) is 21.2 Å². The Morgan fingerprint density at radius 2 is 2.17 bits per heavy atom. The van der Waals surface area contributed by atoms with Gasteiger partial charge in [-0.15, -0.1) is 0 Å². The van der Waals surface area contributed by atoms with Crippen molar-refractivity contribution in [2.45, 2.75) is 38.1 Å². The zero-order valence-electron chi connectivity index (χ0n) is 13.7. The van der Waals surface area contributed by atoms with Crippen molar-refractivity contribution < 1.29 is 18.3 Å². The van der Waals surface area contributed by atoms with E-state index in [2.05, 4.69) is 5.32 Å². The maximum atomic E-state index is 12.0. The minimum absolute atomic E-state index is 0.0148. The number of halogens is 1. The van der Waals surface area contributed by atoms with Crippen molar-refractivity contribution in [1.82, 2.24) is 9.62 Å². The quantitative estimate of drug-likeness (QED) is 0.796. The smallest absolute Gasteiger partial charge is 0.224 e. The van der Waals surface area contributed by atoms with Crippen LogP contribution in [0.15, 0.2) is 18.2 Å². The molecule has 8 heteroatoms. The summed E-state index contributed by atoms with van der Waals surface area (Å²) < 4.78 is 25.1. The summed E-state index contributed by atoms with van der Waals surface area (Å²) in [6.07, 6.45) is 4.73. The highest BCUT2D eigenvalue weighted by Crippen LogP contribution is 2.24. The fraction of sp³-hybridized carbons (Fsp3) is 0.562. The number of carbonyl (C=O) groups excluding carboxylic acids is 1. The zero-order valence-corrected chi connectivity index (χ0v) is 15.2. The summed E-state index contributed by atoms with van der Waals surface area (Å²) in [6, 6.07) is 4.62. The largest absolute Gasteiger partial charge is 0.506 e. The van der Waals surface area contributed by atoms with Gasteiger partial charge < -0.3 is 10.4 Å². The number of aromatic hydroxyl groups is 1. The van der Waals surface area contributed by atoms with Crippen LogP contribution in [-0.4, -0.2) is 49.1 Å². The van der Waals surface area contributed by atoms with E-state index >= 15 is 0 Å². The molecule has 1 saturated heterocycles. The van der Waals surface area contributed by atoms with E-state index in [1.807, 2.05) is 0 Å². The molecule has 6 nitrogen and oxygen atoms in total. The lowest BCUT2D eigenvalue weighted by Crippen LogP contribution is -2.44. The molecule has 1 unspecified atom stereocenters. The molecule has 1 aromatic rings. The van der Waals surface area contributed by atoms with E-state index in [0.29, 0.717) is 25.1 Å². The first-order chi connectivity index (χ1) is 11.3. The Hall–Kier alpha value is -1.31. The molecule has 1 heterocycles. The predicted octanol–water partition coefficient (Wildman–Crippen LogP) is 1.91. The van der Waals surface area contributed by atoms with Gasteiger partial charge in [0.05, 0.1) is 17.7 Å². The van der Waals surface area contributed by atoms with Crippen LogP contribution >= 0.6 is 11.6 Å². The van der Waals surface area contributed by atoms with Crippen molar-refractivity contribution in [3.05, 3.63) is 28.8 Å². The van der Waals surface area contributed by atoms with Crippen LogP contribution in [0.5, 0.6) is 5.75 Å². The average Bonchev–Trinajstić information content (AvgIpc) is 2.50. The Kier molecular flexibility index (Phi) is 6.48. The second-order valence-electron chi connectivity index (χ2n) is 6.12. The Morgan fingerprint density at radius 3 is 2.83 bits per heavy atom. The number of nitrogens with zero attached hydrogens (tertiary/aromatic N) is 1. The van der Waals surface area contributed by atoms with Gasteiger partial charge in [0.25, 0.3) is 0 Å². The topological polar surface area (TPSA) is 86.7 Å². The summed E-state index contributed by atoms with van der Waals surface area (Å²) in [5.74, 6) is -0.169. The lowest BCUT2D eigenvalue weighted by molar-refractivity contribution is -0.120. The molecule has 0 spiro atoms. The third-order valence-corrected chi connectivity index (χ3v) is 5.81. The van der Waals surface area contributed by atoms with Crippen molar-refractivity contribution in [2.24, 2.45) is 0 Å². The van der Waals surface area contributed by atoms with Crippen molar-refractivity contribution in [2.75, 3.05) is 19.3 Å². The van der Waals surface area contributed by atoms with Gasteiger partial charge in [0.1, 0.15) is 5.75 Å². The standard InChI is InChI=1S/C16H23ClN2O4S/c1-24(22,23)19-9-3-2-4-13(19)7-8-18-16(21)11-12-5-6-15(20)14(17)10-12/h5-6,10,13,20H,2-4,7-9,11H2,1H3,(H,18,21). The molecule has 0 bridgehead atoms. The van der Waals surface area contributed by atoms with Crippen LogP contribution in [0.25, 0.3) is 0 Å². The molecule has 0 aliphatic carbocycles. The lowest BCUT2D eigenvalue weighted by atomic mass is 10.0. The maximum Gasteiger partial charge on any atom is 0.224 e. The molecule has 0 radical (unpaired) electrons. The highest BCUT2D eigenvalue weighted by atomic mass is 35.5.